The van der Waals surface area contributed by atoms with Gasteiger partial charge in [0.15, 0.2) is 0 Å². The molecule has 0 aliphatic carbocycles. The number of halogens is 1. The van der Waals surface area contributed by atoms with Crippen LogP contribution in [-0.4, -0.2) is 16.2 Å². The van der Waals surface area contributed by atoms with Gasteiger partial charge in [0.25, 0.3) is 0 Å². The lowest BCUT2D eigenvalue weighted by atomic mass is 9.85. The molecule has 8 aromatic carbocycles. The number of para-hydroxylation sites is 4. The van der Waals surface area contributed by atoms with Gasteiger partial charge in [0.2, 0.25) is 0 Å². The molecule has 3 heterocycles. The number of fused-ring (bicyclic) bond motifs is 4. The number of hydrogen-bond donors (Lipinski definition) is 0. The predicted octanol–water partition coefficient (Wildman–Crippen LogP) is 17.9. The second-order valence-corrected chi connectivity index (χ2v) is 20.2. The maximum absolute atomic E-state index is 14.5. The van der Waals surface area contributed by atoms with Crippen LogP contribution < -0.4 is 14.5 Å². The summed E-state index contributed by atoms with van der Waals surface area (Å²) in [6, 6.07) is 65.3. The molecule has 2 aromatic heterocycles. The van der Waals surface area contributed by atoms with Gasteiger partial charge in [-0.25, -0.2) is 9.37 Å². The first-order valence-electron chi connectivity index (χ1n) is 24.5. The van der Waals surface area contributed by atoms with Crippen LogP contribution in [0.3, 0.4) is 0 Å². The minimum atomic E-state index is -0.259. The molecule has 0 N–H and O–H groups in total. The number of anilines is 4. The third-order valence-corrected chi connectivity index (χ3v) is 13.9. The van der Waals surface area contributed by atoms with E-state index in [-0.39, 0.29) is 11.2 Å². The first kappa shape index (κ1) is 44.5. The summed E-state index contributed by atoms with van der Waals surface area (Å²) in [5.74, 6) is 2.67. The molecular formula is C64H57FN4O. The molecule has 0 atom stereocenters. The molecule has 346 valence electrons. The Morgan fingerprint density at radius 2 is 1.16 bits per heavy atom. The van der Waals surface area contributed by atoms with Gasteiger partial charge >= 0.3 is 0 Å². The lowest BCUT2D eigenvalue weighted by molar-refractivity contribution is 0.483. The number of nitrogens with zero attached hydrogens (tertiary/aromatic N) is 4. The second kappa shape index (κ2) is 17.8. The predicted molar refractivity (Wildman–Crippen MR) is 290 cm³/mol. The summed E-state index contributed by atoms with van der Waals surface area (Å²) in [6.45, 7) is 16.4. The van der Waals surface area contributed by atoms with E-state index in [9.17, 15) is 4.39 Å². The Labute approximate surface area is 411 Å². The first-order chi connectivity index (χ1) is 33.9. The number of ether oxygens (including phenoxy) is 1. The second-order valence-electron chi connectivity index (χ2n) is 20.2. The lowest BCUT2D eigenvalue weighted by Crippen LogP contribution is -2.25. The number of aromatic nitrogens is 2. The first-order valence-corrected chi connectivity index (χ1v) is 24.5. The molecule has 10 aromatic rings. The Kier molecular flexibility index (Phi) is 11.4. The molecule has 1 aliphatic rings. The van der Waals surface area contributed by atoms with E-state index in [0.717, 1.165) is 89.7 Å². The maximum Gasteiger partial charge on any atom is 0.137 e. The Hall–Kier alpha value is -7.96. The number of hydrogen-bond acceptors (Lipinski definition) is 4. The van der Waals surface area contributed by atoms with Crippen molar-refractivity contribution in [1.82, 2.24) is 9.55 Å². The normalized spacial score (nSPS) is 12.7. The van der Waals surface area contributed by atoms with E-state index in [2.05, 4.69) is 227 Å². The molecular weight excluding hydrogens is 860 g/mol. The van der Waals surface area contributed by atoms with Crippen molar-refractivity contribution in [3.8, 4) is 50.7 Å². The summed E-state index contributed by atoms with van der Waals surface area (Å²) in [5, 5.41) is 2.30. The zero-order valence-electron chi connectivity index (χ0n) is 40.9. The SMILES string of the molecule is CC(C)c1cccc(C(C)C)c1-c1cc(Oc2ccc3c4ccccc4n(-c4cc(C(C)(C)C)ccn4)c3c2)cc(N2CN(c3c(-c4ccccc4)cccc3-c3ccc(F)cc3)c3ccccc32)c1. The van der Waals surface area contributed by atoms with Crippen LogP contribution in [0.15, 0.2) is 194 Å². The molecule has 6 heteroatoms. The van der Waals surface area contributed by atoms with Crippen molar-refractivity contribution in [3.05, 3.63) is 217 Å². The molecule has 11 rings (SSSR count). The van der Waals surface area contributed by atoms with Gasteiger partial charge in [0, 0.05) is 45.9 Å². The molecule has 0 saturated heterocycles. The van der Waals surface area contributed by atoms with Crippen molar-refractivity contribution in [2.24, 2.45) is 0 Å². The van der Waals surface area contributed by atoms with Crippen LogP contribution in [0.25, 0.3) is 61.0 Å². The van der Waals surface area contributed by atoms with Crippen molar-refractivity contribution in [3.63, 3.8) is 0 Å². The Morgan fingerprint density at radius 1 is 0.529 bits per heavy atom. The van der Waals surface area contributed by atoms with E-state index in [0.29, 0.717) is 18.5 Å². The van der Waals surface area contributed by atoms with Gasteiger partial charge in [0.05, 0.1) is 28.1 Å². The van der Waals surface area contributed by atoms with Gasteiger partial charge in [-0.3, -0.25) is 4.57 Å². The smallest absolute Gasteiger partial charge is 0.137 e. The van der Waals surface area contributed by atoms with Crippen LogP contribution in [0.2, 0.25) is 0 Å². The van der Waals surface area contributed by atoms with Crippen LogP contribution in [0.5, 0.6) is 11.5 Å². The largest absolute Gasteiger partial charge is 0.457 e. The fraction of sp³-hybridized carbons (Fsp3) is 0.172. The summed E-state index contributed by atoms with van der Waals surface area (Å²) in [4.78, 5) is 9.77. The fourth-order valence-corrected chi connectivity index (χ4v) is 10.4. The molecule has 0 amide bonds. The van der Waals surface area contributed by atoms with Crippen LogP contribution in [-0.2, 0) is 5.41 Å². The standard InChI is InChI=1S/C64H57FN4O/c1-41(2)51-20-15-21-52(42(3)4)62(51)45-35-48(38-50(36-45)70-49-31-32-56-55-19-11-12-24-57(55)69(60(56)39-49)61-37-46(33-34-66-61)64(5,6)7)67-40-68(59-26-14-13-25-58(59)67)63-53(43-17-9-8-10-18-43)22-16-23-54(63)44-27-29-47(65)30-28-44/h8-39,41-42H,40H2,1-7H3. The Bertz CT molecular complexity index is 3540. The zero-order chi connectivity index (χ0) is 48.3. The third kappa shape index (κ3) is 8.07. The molecule has 5 nitrogen and oxygen atoms in total. The van der Waals surface area contributed by atoms with Crippen molar-refractivity contribution < 1.29 is 9.13 Å². The van der Waals surface area contributed by atoms with E-state index in [1.807, 2.05) is 18.3 Å². The topological polar surface area (TPSA) is 33.5 Å². The lowest BCUT2D eigenvalue weighted by Gasteiger charge is -2.28. The molecule has 1 aliphatic heterocycles. The Morgan fingerprint density at radius 3 is 1.86 bits per heavy atom. The quantitative estimate of drug-likeness (QED) is 0.137. The number of pyridine rings is 1. The number of rotatable bonds is 10. The molecule has 0 fully saturated rings. The Balaban J connectivity index is 1.09. The minimum absolute atomic E-state index is 0.0415. The fourth-order valence-electron chi connectivity index (χ4n) is 10.4. The zero-order valence-corrected chi connectivity index (χ0v) is 40.9. The van der Waals surface area contributed by atoms with Gasteiger partial charge in [0.1, 0.15) is 29.8 Å². The molecule has 0 spiro atoms. The van der Waals surface area contributed by atoms with E-state index in [1.54, 1.807) is 12.1 Å². The number of benzene rings is 8. The third-order valence-electron chi connectivity index (χ3n) is 13.9. The van der Waals surface area contributed by atoms with E-state index < -0.39 is 0 Å². The average molecular weight is 917 g/mol. The van der Waals surface area contributed by atoms with Crippen molar-refractivity contribution in [2.45, 2.75) is 65.7 Å². The highest BCUT2D eigenvalue weighted by Gasteiger charge is 2.32. The summed E-state index contributed by atoms with van der Waals surface area (Å²) in [5.41, 5.74) is 16.7. The molecule has 70 heavy (non-hydrogen) atoms. The maximum atomic E-state index is 14.5. The van der Waals surface area contributed by atoms with Crippen molar-refractivity contribution in [1.29, 1.82) is 0 Å². The van der Waals surface area contributed by atoms with Crippen LogP contribution in [0.4, 0.5) is 27.1 Å². The van der Waals surface area contributed by atoms with Gasteiger partial charge < -0.3 is 14.5 Å². The van der Waals surface area contributed by atoms with Crippen molar-refractivity contribution >= 4 is 44.6 Å². The average Bonchev–Trinajstić information content (AvgIpc) is 3.92. The molecule has 0 unspecified atom stereocenters. The van der Waals surface area contributed by atoms with Crippen LogP contribution >= 0.6 is 0 Å². The highest BCUT2D eigenvalue weighted by atomic mass is 19.1. The van der Waals surface area contributed by atoms with Crippen molar-refractivity contribution in [2.75, 3.05) is 16.5 Å². The van der Waals surface area contributed by atoms with Crippen LogP contribution in [0, 0.1) is 5.82 Å². The van der Waals surface area contributed by atoms with E-state index in [1.165, 1.54) is 22.3 Å². The summed E-state index contributed by atoms with van der Waals surface area (Å²) in [6.07, 6.45) is 1.92. The van der Waals surface area contributed by atoms with Crippen LogP contribution in [0.1, 0.15) is 77.0 Å². The van der Waals surface area contributed by atoms with Gasteiger partial charge in [-0.2, -0.15) is 0 Å². The van der Waals surface area contributed by atoms with E-state index in [4.69, 9.17) is 9.72 Å². The summed E-state index contributed by atoms with van der Waals surface area (Å²) >= 11 is 0. The minimum Gasteiger partial charge on any atom is -0.457 e. The van der Waals surface area contributed by atoms with Gasteiger partial charge in [-0.15, -0.1) is 0 Å². The highest BCUT2D eigenvalue weighted by molar-refractivity contribution is 6.09. The molecule has 0 radical (unpaired) electrons. The highest BCUT2D eigenvalue weighted by Crippen LogP contribution is 2.51. The van der Waals surface area contributed by atoms with Gasteiger partial charge in [-0.1, -0.05) is 158 Å². The monoisotopic (exact) mass is 916 g/mol. The summed E-state index contributed by atoms with van der Waals surface area (Å²) in [7, 11) is 0. The molecule has 0 saturated carbocycles. The summed E-state index contributed by atoms with van der Waals surface area (Å²) < 4.78 is 23.9. The van der Waals surface area contributed by atoms with E-state index >= 15 is 0 Å². The molecule has 0 bridgehead atoms. The van der Waals surface area contributed by atoms with Gasteiger partial charge in [-0.05, 0) is 123 Å².